The van der Waals surface area contributed by atoms with E-state index < -0.39 is 17.6 Å². The zero-order chi connectivity index (χ0) is 21.8. The van der Waals surface area contributed by atoms with Gasteiger partial charge in [0.05, 0.1) is 16.8 Å². The van der Waals surface area contributed by atoms with E-state index in [0.717, 1.165) is 23.9 Å². The predicted octanol–water partition coefficient (Wildman–Crippen LogP) is 3.14. The van der Waals surface area contributed by atoms with Crippen LogP contribution in [0.1, 0.15) is 10.4 Å². The first-order valence-electron chi connectivity index (χ1n) is 9.06. The van der Waals surface area contributed by atoms with Crippen molar-refractivity contribution in [1.29, 1.82) is 0 Å². The van der Waals surface area contributed by atoms with Crippen LogP contribution in [0.4, 0.5) is 4.39 Å². The lowest BCUT2D eigenvalue weighted by Crippen LogP contribution is -2.42. The normalized spacial score (nSPS) is 10.7. The molecule has 2 N–H and O–H groups in total. The second-order valence-corrected chi connectivity index (χ2v) is 8.14. The molecule has 0 spiro atoms. The van der Waals surface area contributed by atoms with E-state index in [1.807, 2.05) is 18.2 Å². The molecular weight excluding hydrogens is 439 g/mol. The summed E-state index contributed by atoms with van der Waals surface area (Å²) in [6.07, 6.45) is 0. The number of benzene rings is 2. The number of hydrogen-bond acceptors (Lipinski definition) is 6. The van der Waals surface area contributed by atoms with Gasteiger partial charge in [0.1, 0.15) is 10.6 Å². The summed E-state index contributed by atoms with van der Waals surface area (Å²) in [5.41, 5.74) is 5.21. The molecule has 0 bridgehead atoms. The molecule has 0 fully saturated rings. The average molecular weight is 455 g/mol. The maximum absolute atomic E-state index is 13.0. The Morgan fingerprint density at radius 2 is 1.77 bits per heavy atom. The van der Waals surface area contributed by atoms with Crippen molar-refractivity contribution in [2.45, 2.75) is 5.16 Å². The highest BCUT2D eigenvalue weighted by Gasteiger charge is 2.16. The van der Waals surface area contributed by atoms with Crippen molar-refractivity contribution in [1.82, 2.24) is 20.4 Å². The molecule has 0 saturated heterocycles. The van der Waals surface area contributed by atoms with Crippen LogP contribution in [-0.4, -0.2) is 27.1 Å². The van der Waals surface area contributed by atoms with Gasteiger partial charge in [0.25, 0.3) is 11.5 Å². The Balaban J connectivity index is 1.48. The number of halogens is 1. The van der Waals surface area contributed by atoms with Gasteiger partial charge in [-0.2, -0.15) is 0 Å². The molecule has 2 amide bonds. The van der Waals surface area contributed by atoms with Gasteiger partial charge in [-0.1, -0.05) is 30.0 Å². The van der Waals surface area contributed by atoms with E-state index in [1.54, 1.807) is 23.6 Å². The minimum atomic E-state index is -0.572. The molecule has 2 aromatic carbocycles. The minimum absolute atomic E-state index is 0.0835. The topological polar surface area (TPSA) is 93.1 Å². The molecule has 0 saturated carbocycles. The van der Waals surface area contributed by atoms with Crippen molar-refractivity contribution in [3.63, 3.8) is 0 Å². The number of thiophene rings is 1. The molecular formula is C21H15FN4O3S2. The van der Waals surface area contributed by atoms with Gasteiger partial charge < -0.3 is 0 Å². The number of thioether (sulfide) groups is 1. The fraction of sp³-hybridized carbons (Fsp3) is 0.0476. The van der Waals surface area contributed by atoms with E-state index in [2.05, 4.69) is 15.8 Å². The number of nitrogens with zero attached hydrogens (tertiary/aromatic N) is 2. The quantitative estimate of drug-likeness (QED) is 0.275. The lowest BCUT2D eigenvalue weighted by atomic mass is 10.2. The van der Waals surface area contributed by atoms with Gasteiger partial charge in [0.2, 0.25) is 5.91 Å². The van der Waals surface area contributed by atoms with Gasteiger partial charge in [-0.3, -0.25) is 29.8 Å². The molecule has 0 aliphatic rings. The van der Waals surface area contributed by atoms with E-state index in [0.29, 0.717) is 21.1 Å². The Labute approximate surface area is 183 Å². The fourth-order valence-corrected chi connectivity index (χ4v) is 4.38. The van der Waals surface area contributed by atoms with Crippen LogP contribution < -0.4 is 16.4 Å². The van der Waals surface area contributed by atoms with Crippen molar-refractivity contribution in [3.8, 4) is 5.69 Å². The Morgan fingerprint density at radius 3 is 2.52 bits per heavy atom. The highest BCUT2D eigenvalue weighted by atomic mass is 32.2. The van der Waals surface area contributed by atoms with Crippen LogP contribution >= 0.6 is 23.1 Å². The Hall–Kier alpha value is -3.50. The van der Waals surface area contributed by atoms with Crippen LogP contribution in [0.25, 0.3) is 15.9 Å². The molecule has 4 aromatic rings. The number of amides is 2. The molecule has 0 unspecified atom stereocenters. The summed E-state index contributed by atoms with van der Waals surface area (Å²) in [6.45, 7) is 0. The van der Waals surface area contributed by atoms with Crippen molar-refractivity contribution in [2.75, 3.05) is 5.75 Å². The number of rotatable bonds is 5. The molecule has 0 aliphatic heterocycles. The van der Waals surface area contributed by atoms with E-state index >= 15 is 0 Å². The third kappa shape index (κ3) is 4.65. The largest absolute Gasteiger partial charge is 0.272 e. The lowest BCUT2D eigenvalue weighted by Gasteiger charge is -2.12. The third-order valence-corrected chi connectivity index (χ3v) is 5.98. The van der Waals surface area contributed by atoms with E-state index in [-0.39, 0.29) is 16.9 Å². The van der Waals surface area contributed by atoms with Crippen LogP contribution in [0.5, 0.6) is 0 Å². The van der Waals surface area contributed by atoms with Crippen molar-refractivity contribution in [3.05, 3.63) is 87.8 Å². The zero-order valence-electron chi connectivity index (χ0n) is 15.9. The second kappa shape index (κ2) is 9.11. The number of para-hydroxylation sites is 1. The number of nitrogens with one attached hydrogen (secondary N) is 2. The average Bonchev–Trinajstić information content (AvgIpc) is 3.26. The molecule has 7 nitrogen and oxygen atoms in total. The van der Waals surface area contributed by atoms with Gasteiger partial charge in [-0.15, -0.1) is 11.3 Å². The first-order valence-corrected chi connectivity index (χ1v) is 10.9. The van der Waals surface area contributed by atoms with Crippen LogP contribution in [-0.2, 0) is 4.79 Å². The third-order valence-electron chi connectivity index (χ3n) is 4.24. The monoisotopic (exact) mass is 454 g/mol. The summed E-state index contributed by atoms with van der Waals surface area (Å²) >= 11 is 2.42. The van der Waals surface area contributed by atoms with Crippen LogP contribution in [0, 0.1) is 5.82 Å². The number of carbonyl (C=O) groups is 2. The Kier molecular flexibility index (Phi) is 6.10. The molecule has 10 heteroatoms. The standard InChI is InChI=1S/C21H15FN4O3S2/c22-14-8-6-13(7-9-14)18(28)25-24-17(27)12-31-21-23-19-16(10-11-30-19)20(29)26(21)15-4-2-1-3-5-15/h1-11H,12H2,(H,24,27)(H,25,28). The van der Waals surface area contributed by atoms with E-state index in [4.69, 9.17) is 0 Å². The first kappa shape index (κ1) is 20.8. The molecule has 0 radical (unpaired) electrons. The molecule has 156 valence electrons. The SMILES string of the molecule is O=C(CSc1nc2sccc2c(=O)n1-c1ccccc1)NNC(=O)c1ccc(F)cc1. The fourth-order valence-electron chi connectivity index (χ4n) is 2.76. The maximum Gasteiger partial charge on any atom is 0.269 e. The summed E-state index contributed by atoms with van der Waals surface area (Å²) in [5, 5.41) is 2.67. The Morgan fingerprint density at radius 1 is 1.03 bits per heavy atom. The molecule has 0 atom stereocenters. The lowest BCUT2D eigenvalue weighted by molar-refractivity contribution is -0.119. The van der Waals surface area contributed by atoms with Crippen molar-refractivity contribution >= 4 is 45.1 Å². The highest BCUT2D eigenvalue weighted by molar-refractivity contribution is 7.99. The van der Waals surface area contributed by atoms with Crippen molar-refractivity contribution in [2.24, 2.45) is 0 Å². The minimum Gasteiger partial charge on any atom is -0.272 e. The van der Waals surface area contributed by atoms with Gasteiger partial charge in [-0.25, -0.2) is 9.37 Å². The number of hydrazine groups is 1. The maximum atomic E-state index is 13.0. The molecule has 2 heterocycles. The highest BCUT2D eigenvalue weighted by Crippen LogP contribution is 2.23. The summed E-state index contributed by atoms with van der Waals surface area (Å²) in [5.74, 6) is -1.60. The predicted molar refractivity (Wildman–Crippen MR) is 118 cm³/mol. The smallest absolute Gasteiger partial charge is 0.269 e. The van der Waals surface area contributed by atoms with Crippen LogP contribution in [0.15, 0.2) is 76.0 Å². The summed E-state index contributed by atoms with van der Waals surface area (Å²) in [4.78, 5) is 42.4. The van der Waals surface area contributed by atoms with Crippen LogP contribution in [0.3, 0.4) is 0 Å². The molecule has 2 aromatic heterocycles. The number of carbonyl (C=O) groups excluding carboxylic acids is 2. The zero-order valence-corrected chi connectivity index (χ0v) is 17.5. The van der Waals surface area contributed by atoms with Gasteiger partial charge in [0, 0.05) is 5.56 Å². The summed E-state index contributed by atoms with van der Waals surface area (Å²) in [6, 6.07) is 15.7. The van der Waals surface area contributed by atoms with Gasteiger partial charge in [-0.05, 0) is 47.8 Å². The summed E-state index contributed by atoms with van der Waals surface area (Å²) < 4.78 is 14.4. The van der Waals surface area contributed by atoms with Crippen molar-refractivity contribution < 1.29 is 14.0 Å². The molecule has 4 rings (SSSR count). The first-order chi connectivity index (χ1) is 15.0. The van der Waals surface area contributed by atoms with Gasteiger partial charge >= 0.3 is 0 Å². The molecule has 0 aliphatic carbocycles. The summed E-state index contributed by atoms with van der Waals surface area (Å²) in [7, 11) is 0. The van der Waals surface area contributed by atoms with Gasteiger partial charge in [0.15, 0.2) is 5.16 Å². The molecule has 31 heavy (non-hydrogen) atoms. The van der Waals surface area contributed by atoms with E-state index in [9.17, 15) is 18.8 Å². The second-order valence-electron chi connectivity index (χ2n) is 6.31. The number of hydrogen-bond donors (Lipinski definition) is 2. The number of fused-ring (bicyclic) bond motifs is 1. The number of aromatic nitrogens is 2. The van der Waals surface area contributed by atoms with E-state index in [1.165, 1.54) is 28.0 Å². The Bertz CT molecular complexity index is 1300. The van der Waals surface area contributed by atoms with Crippen LogP contribution in [0.2, 0.25) is 0 Å².